The second-order valence-corrected chi connectivity index (χ2v) is 6.83. The van der Waals surface area contributed by atoms with Crippen molar-refractivity contribution in [3.8, 4) is 0 Å². The molecular weight excluding hydrogens is 320 g/mol. The van der Waals surface area contributed by atoms with E-state index in [9.17, 15) is 4.79 Å². The van der Waals surface area contributed by atoms with E-state index in [4.69, 9.17) is 0 Å². The highest BCUT2D eigenvalue weighted by molar-refractivity contribution is 6.02. The summed E-state index contributed by atoms with van der Waals surface area (Å²) in [7, 11) is 0. The fourth-order valence-electron chi connectivity index (χ4n) is 3.15. The van der Waals surface area contributed by atoms with Crippen molar-refractivity contribution in [1.29, 1.82) is 0 Å². The minimum absolute atomic E-state index is 0.0117. The molecule has 1 heterocycles. The molecule has 1 aromatic heterocycles. The monoisotopic (exact) mass is 344 g/mol. The molecule has 0 fully saturated rings. The number of carbonyl (C=O) groups excluding carboxylic acids is 1. The highest BCUT2D eigenvalue weighted by atomic mass is 16.2. The third-order valence-electron chi connectivity index (χ3n) is 4.67. The van der Waals surface area contributed by atoms with Crippen LogP contribution in [0.5, 0.6) is 0 Å². The van der Waals surface area contributed by atoms with E-state index in [0.717, 1.165) is 22.2 Å². The van der Waals surface area contributed by atoms with Gasteiger partial charge >= 0.3 is 0 Å². The number of anilines is 1. The molecule has 2 aromatic carbocycles. The number of benzene rings is 2. The topological polar surface area (TPSA) is 42.0 Å². The number of allylic oxidation sites excluding steroid dienone is 2. The molecule has 0 saturated carbocycles. The zero-order chi connectivity index (χ0) is 18.4. The van der Waals surface area contributed by atoms with Gasteiger partial charge in [0.05, 0.1) is 16.6 Å². The van der Waals surface area contributed by atoms with Gasteiger partial charge in [-0.2, -0.15) is 0 Å². The van der Waals surface area contributed by atoms with E-state index in [2.05, 4.69) is 28.5 Å². The summed E-state index contributed by atoms with van der Waals surface area (Å²) in [5.74, 6) is 0.0117. The van der Waals surface area contributed by atoms with Crippen molar-refractivity contribution >= 4 is 22.5 Å². The summed E-state index contributed by atoms with van der Waals surface area (Å²) in [4.78, 5) is 17.6. The molecule has 0 aliphatic carbocycles. The lowest BCUT2D eigenvalue weighted by Crippen LogP contribution is -2.35. The molecule has 3 rings (SSSR count). The Morgan fingerprint density at radius 1 is 1.08 bits per heavy atom. The van der Waals surface area contributed by atoms with E-state index in [1.165, 1.54) is 0 Å². The molecule has 1 N–H and O–H groups in total. The van der Waals surface area contributed by atoms with Gasteiger partial charge in [0.15, 0.2) is 0 Å². The van der Waals surface area contributed by atoms with Gasteiger partial charge in [0.25, 0.3) is 0 Å². The largest absolute Gasteiger partial charge is 0.324 e. The van der Waals surface area contributed by atoms with E-state index in [1.54, 1.807) is 6.20 Å². The van der Waals surface area contributed by atoms with E-state index in [1.807, 2.05) is 68.5 Å². The quantitative estimate of drug-likeness (QED) is 0.609. The van der Waals surface area contributed by atoms with Crippen LogP contribution in [0.15, 0.2) is 79.0 Å². The van der Waals surface area contributed by atoms with Gasteiger partial charge in [0.1, 0.15) is 0 Å². The van der Waals surface area contributed by atoms with Gasteiger partial charge in [-0.3, -0.25) is 9.78 Å². The van der Waals surface area contributed by atoms with Crippen LogP contribution in [0.2, 0.25) is 0 Å². The van der Waals surface area contributed by atoms with Crippen LogP contribution in [0, 0.1) is 5.41 Å². The average Bonchev–Trinajstić information content (AvgIpc) is 2.67. The standard InChI is InChI=1S/C23H24N2O/c1-3-4-15-23(2,17-18-10-6-5-7-11-18)22(26)25-20-14-8-12-19-13-9-16-24-21(19)20/h3-14,16H,15,17H2,1-2H3,(H,25,26)/b4-3+. The second-order valence-electron chi connectivity index (χ2n) is 6.83. The zero-order valence-corrected chi connectivity index (χ0v) is 15.3. The van der Waals surface area contributed by atoms with E-state index < -0.39 is 5.41 Å². The zero-order valence-electron chi connectivity index (χ0n) is 15.3. The van der Waals surface area contributed by atoms with Gasteiger partial charge in [-0.05, 0) is 37.5 Å². The Morgan fingerprint density at radius 3 is 2.62 bits per heavy atom. The third-order valence-corrected chi connectivity index (χ3v) is 4.67. The van der Waals surface area contributed by atoms with Crippen LogP contribution in [-0.4, -0.2) is 10.9 Å². The van der Waals surface area contributed by atoms with Crippen molar-refractivity contribution in [2.45, 2.75) is 26.7 Å². The number of para-hydroxylation sites is 1. The lowest BCUT2D eigenvalue weighted by Gasteiger charge is -2.27. The van der Waals surface area contributed by atoms with Crippen LogP contribution in [-0.2, 0) is 11.2 Å². The molecule has 0 saturated heterocycles. The van der Waals surface area contributed by atoms with Crippen LogP contribution >= 0.6 is 0 Å². The predicted octanol–water partition coefficient (Wildman–Crippen LogP) is 5.39. The Labute approximate surface area is 154 Å². The maximum atomic E-state index is 13.2. The molecule has 1 amide bonds. The number of nitrogens with zero attached hydrogens (tertiary/aromatic N) is 1. The van der Waals surface area contributed by atoms with Crippen molar-refractivity contribution in [2.24, 2.45) is 5.41 Å². The lowest BCUT2D eigenvalue weighted by molar-refractivity contribution is -0.124. The maximum Gasteiger partial charge on any atom is 0.231 e. The van der Waals surface area contributed by atoms with Crippen molar-refractivity contribution < 1.29 is 4.79 Å². The molecule has 3 aromatic rings. The number of rotatable bonds is 6. The highest BCUT2D eigenvalue weighted by Crippen LogP contribution is 2.31. The number of pyridine rings is 1. The van der Waals surface area contributed by atoms with Crippen LogP contribution in [0.3, 0.4) is 0 Å². The minimum atomic E-state index is -0.537. The molecule has 3 nitrogen and oxygen atoms in total. The van der Waals surface area contributed by atoms with Gasteiger partial charge in [-0.1, -0.05) is 67.6 Å². The first-order chi connectivity index (χ1) is 12.6. The Kier molecular flexibility index (Phi) is 5.47. The Bertz CT molecular complexity index is 912. The first-order valence-corrected chi connectivity index (χ1v) is 8.93. The van der Waals surface area contributed by atoms with Crippen LogP contribution < -0.4 is 5.32 Å². The first kappa shape index (κ1) is 17.9. The smallest absolute Gasteiger partial charge is 0.231 e. The predicted molar refractivity (Wildman–Crippen MR) is 108 cm³/mol. The van der Waals surface area contributed by atoms with Crippen LogP contribution in [0.25, 0.3) is 10.9 Å². The van der Waals surface area contributed by atoms with Gasteiger partial charge in [-0.25, -0.2) is 0 Å². The number of hydrogen-bond acceptors (Lipinski definition) is 2. The van der Waals surface area contributed by atoms with Gasteiger partial charge in [0.2, 0.25) is 5.91 Å². The van der Waals surface area contributed by atoms with Crippen molar-refractivity contribution in [3.63, 3.8) is 0 Å². The number of nitrogens with one attached hydrogen (secondary N) is 1. The Hall–Kier alpha value is -2.94. The number of fused-ring (bicyclic) bond motifs is 1. The van der Waals surface area contributed by atoms with Crippen LogP contribution in [0.4, 0.5) is 5.69 Å². The van der Waals surface area contributed by atoms with E-state index in [0.29, 0.717) is 12.8 Å². The summed E-state index contributed by atoms with van der Waals surface area (Å²) >= 11 is 0. The molecule has 1 unspecified atom stereocenters. The SMILES string of the molecule is C/C=C/CC(C)(Cc1ccccc1)C(=O)Nc1cccc2cccnc12. The fraction of sp³-hybridized carbons (Fsp3) is 0.217. The number of carbonyl (C=O) groups is 1. The molecule has 0 radical (unpaired) electrons. The summed E-state index contributed by atoms with van der Waals surface area (Å²) in [6.07, 6.45) is 7.17. The first-order valence-electron chi connectivity index (χ1n) is 8.93. The van der Waals surface area contributed by atoms with E-state index >= 15 is 0 Å². The molecule has 0 bridgehead atoms. The van der Waals surface area contributed by atoms with Crippen molar-refractivity contribution in [2.75, 3.05) is 5.32 Å². The molecule has 132 valence electrons. The summed E-state index contributed by atoms with van der Waals surface area (Å²) in [5, 5.41) is 4.14. The molecule has 3 heteroatoms. The highest BCUT2D eigenvalue weighted by Gasteiger charge is 2.32. The second kappa shape index (κ2) is 7.96. The summed E-state index contributed by atoms with van der Waals surface area (Å²) < 4.78 is 0. The van der Waals surface area contributed by atoms with Crippen LogP contribution in [0.1, 0.15) is 25.8 Å². The van der Waals surface area contributed by atoms with Gasteiger partial charge in [0, 0.05) is 11.6 Å². The molecule has 0 aliphatic heterocycles. The molecule has 26 heavy (non-hydrogen) atoms. The molecular formula is C23H24N2O. The van der Waals surface area contributed by atoms with Crippen molar-refractivity contribution in [3.05, 3.63) is 84.6 Å². The maximum absolute atomic E-state index is 13.2. The Morgan fingerprint density at radius 2 is 1.85 bits per heavy atom. The minimum Gasteiger partial charge on any atom is -0.324 e. The normalized spacial score (nSPS) is 13.6. The third kappa shape index (κ3) is 3.99. The molecule has 1 atom stereocenters. The average molecular weight is 344 g/mol. The van der Waals surface area contributed by atoms with E-state index in [-0.39, 0.29) is 5.91 Å². The fourth-order valence-corrected chi connectivity index (χ4v) is 3.15. The summed E-state index contributed by atoms with van der Waals surface area (Å²) in [6.45, 7) is 4.00. The molecule has 0 spiro atoms. The lowest BCUT2D eigenvalue weighted by atomic mass is 9.79. The van der Waals surface area contributed by atoms with Crippen molar-refractivity contribution in [1.82, 2.24) is 4.98 Å². The van der Waals surface area contributed by atoms with Gasteiger partial charge in [-0.15, -0.1) is 0 Å². The number of amides is 1. The molecule has 0 aliphatic rings. The number of hydrogen-bond donors (Lipinski definition) is 1. The van der Waals surface area contributed by atoms with Gasteiger partial charge < -0.3 is 5.32 Å². The summed E-state index contributed by atoms with van der Waals surface area (Å²) in [6, 6.07) is 19.9. The number of aromatic nitrogens is 1. The Balaban J connectivity index is 1.89. The summed E-state index contributed by atoms with van der Waals surface area (Å²) in [5.41, 5.74) is 2.19.